The van der Waals surface area contributed by atoms with Crippen LogP contribution in [-0.4, -0.2) is 63.1 Å². The van der Waals surface area contributed by atoms with Gasteiger partial charge in [-0.2, -0.15) is 26.3 Å². The van der Waals surface area contributed by atoms with E-state index in [0.29, 0.717) is 25.0 Å². The summed E-state index contributed by atoms with van der Waals surface area (Å²) >= 11 is 0. The van der Waals surface area contributed by atoms with Crippen LogP contribution in [0.25, 0.3) is 0 Å². The number of carbonyl (C=O) groups is 2. The molecule has 0 saturated carbocycles. The summed E-state index contributed by atoms with van der Waals surface area (Å²) < 4.78 is 116. The van der Waals surface area contributed by atoms with Crippen molar-refractivity contribution in [1.29, 1.82) is 0 Å². The third-order valence-electron chi connectivity index (χ3n) is 4.60. The van der Waals surface area contributed by atoms with Crippen molar-refractivity contribution in [3.63, 3.8) is 0 Å². The predicted octanol–water partition coefficient (Wildman–Crippen LogP) is 5.42. The number of rotatable bonds is 17. The first-order valence-corrected chi connectivity index (χ1v) is 10.1. The van der Waals surface area contributed by atoms with E-state index in [9.17, 15) is 44.7 Å². The molecule has 0 aromatic carbocycles. The van der Waals surface area contributed by atoms with E-state index in [2.05, 4.69) is 11.7 Å². The Bertz CT molecular complexity index is 618. The maximum atomic E-state index is 13.3. The van der Waals surface area contributed by atoms with E-state index >= 15 is 0 Å². The highest BCUT2D eigenvalue weighted by Crippen LogP contribution is 2.48. The molecular formula is C20H28F8O5. The zero-order valence-corrected chi connectivity index (χ0v) is 18.2. The van der Waals surface area contributed by atoms with E-state index in [-0.39, 0.29) is 12.7 Å². The van der Waals surface area contributed by atoms with Crippen LogP contribution in [0.2, 0.25) is 0 Å². The van der Waals surface area contributed by atoms with E-state index in [1.165, 1.54) is 0 Å². The number of unbranched alkanes of at least 4 members (excludes halogenated alkanes) is 1. The molecule has 1 atom stereocenters. The first-order chi connectivity index (χ1) is 15.2. The van der Waals surface area contributed by atoms with E-state index in [4.69, 9.17) is 9.47 Å². The summed E-state index contributed by atoms with van der Waals surface area (Å²) in [6, 6.07) is 0. The van der Waals surface area contributed by atoms with Crippen LogP contribution in [0.4, 0.5) is 35.1 Å². The molecule has 13 heteroatoms. The molecule has 0 radical (unpaired) electrons. The van der Waals surface area contributed by atoms with Crippen molar-refractivity contribution < 1.29 is 58.9 Å². The van der Waals surface area contributed by atoms with E-state index in [0.717, 1.165) is 32.1 Å². The van der Waals surface area contributed by atoms with Gasteiger partial charge >= 0.3 is 36.1 Å². The molecule has 0 heterocycles. The summed E-state index contributed by atoms with van der Waals surface area (Å²) in [6.07, 6.45) is 0.759. The Kier molecular flexibility index (Phi) is 13.5. The number of ether oxygens (including phenoxy) is 3. The van der Waals surface area contributed by atoms with Gasteiger partial charge in [-0.05, 0) is 25.2 Å². The molecule has 0 fully saturated rings. The van der Waals surface area contributed by atoms with Gasteiger partial charge in [0.05, 0.1) is 6.61 Å². The number of hydrogen-bond donors (Lipinski definition) is 0. The highest BCUT2D eigenvalue weighted by molar-refractivity contribution is 5.91. The van der Waals surface area contributed by atoms with Gasteiger partial charge in [-0.1, -0.05) is 26.2 Å². The number of esters is 2. The normalized spacial score (nSPS) is 14.0. The number of hydrogen-bond acceptors (Lipinski definition) is 5. The van der Waals surface area contributed by atoms with Crippen LogP contribution in [0.15, 0.2) is 12.2 Å². The van der Waals surface area contributed by atoms with Crippen LogP contribution in [0, 0.1) is 5.92 Å². The van der Waals surface area contributed by atoms with Crippen LogP contribution in [0.5, 0.6) is 0 Å². The van der Waals surface area contributed by atoms with Crippen LogP contribution < -0.4 is 0 Å². The Morgan fingerprint density at radius 2 is 1.39 bits per heavy atom. The molecule has 0 aliphatic carbocycles. The molecule has 0 rings (SSSR count). The molecule has 194 valence electrons. The smallest absolute Gasteiger partial charge is 0.381 e. The van der Waals surface area contributed by atoms with Gasteiger partial charge in [0.25, 0.3) is 0 Å². The summed E-state index contributed by atoms with van der Waals surface area (Å²) in [4.78, 5) is 22.8. The van der Waals surface area contributed by atoms with E-state index in [1.54, 1.807) is 7.11 Å². The molecule has 0 aromatic heterocycles. The van der Waals surface area contributed by atoms with Crippen molar-refractivity contribution in [2.75, 3.05) is 26.9 Å². The van der Waals surface area contributed by atoms with E-state index < -0.39 is 42.7 Å². The molecular weight excluding hydrogens is 472 g/mol. The summed E-state index contributed by atoms with van der Waals surface area (Å²) in [5.41, 5.74) is 0. The molecule has 1 unspecified atom stereocenters. The average Bonchev–Trinajstić information content (AvgIpc) is 2.74. The molecule has 0 amide bonds. The number of halogens is 8. The largest absolute Gasteiger partial charge is 0.463 e. The Morgan fingerprint density at radius 3 is 1.91 bits per heavy atom. The SMILES string of the molecule is CCCCC(CCCOC(=O)/C=C/C(=O)OCC(F)(F)C(F)(F)C(F)(F)C(F)F)CCOC. The summed E-state index contributed by atoms with van der Waals surface area (Å²) in [5, 5.41) is 0. The Hall–Kier alpha value is -1.92. The lowest BCUT2D eigenvalue weighted by atomic mass is 9.94. The second kappa shape index (κ2) is 14.4. The van der Waals surface area contributed by atoms with Crippen LogP contribution >= 0.6 is 0 Å². The van der Waals surface area contributed by atoms with Crippen LogP contribution in [0.3, 0.4) is 0 Å². The van der Waals surface area contributed by atoms with Crippen molar-refractivity contribution in [3.05, 3.63) is 12.2 Å². The molecule has 5 nitrogen and oxygen atoms in total. The molecule has 0 spiro atoms. The fraction of sp³-hybridized carbons (Fsp3) is 0.800. The van der Waals surface area contributed by atoms with Crippen LogP contribution in [0.1, 0.15) is 45.4 Å². The summed E-state index contributed by atoms with van der Waals surface area (Å²) in [7, 11) is 1.58. The predicted molar refractivity (Wildman–Crippen MR) is 101 cm³/mol. The maximum absolute atomic E-state index is 13.3. The molecule has 0 N–H and O–H groups in total. The highest BCUT2D eigenvalue weighted by atomic mass is 19.4. The van der Waals surface area contributed by atoms with Gasteiger partial charge in [0.2, 0.25) is 0 Å². The zero-order valence-electron chi connectivity index (χ0n) is 18.2. The molecule has 33 heavy (non-hydrogen) atoms. The zero-order chi connectivity index (χ0) is 25.7. The Morgan fingerprint density at radius 1 is 0.848 bits per heavy atom. The van der Waals surface area contributed by atoms with Gasteiger partial charge in [-0.15, -0.1) is 0 Å². The van der Waals surface area contributed by atoms with Crippen molar-refractivity contribution in [2.45, 2.75) is 69.6 Å². The molecule has 0 saturated heterocycles. The fourth-order valence-corrected chi connectivity index (χ4v) is 2.62. The van der Waals surface area contributed by atoms with Gasteiger partial charge in [-0.3, -0.25) is 0 Å². The van der Waals surface area contributed by atoms with Crippen molar-refractivity contribution in [1.82, 2.24) is 0 Å². The standard InChI is InChI=1S/C20H28F8O5/c1-3-4-6-14(10-12-31-2)7-5-11-32-15(29)8-9-16(30)33-13-18(23,24)20(27,28)19(25,26)17(21)22/h8-9,14,17H,3-7,10-13H2,1-2H3/b9-8+. The van der Waals surface area contributed by atoms with Gasteiger partial charge in [-0.25, -0.2) is 18.4 Å². The second-order valence-corrected chi connectivity index (χ2v) is 7.24. The minimum Gasteiger partial charge on any atom is -0.463 e. The molecule has 0 bridgehead atoms. The lowest BCUT2D eigenvalue weighted by Crippen LogP contribution is -2.59. The van der Waals surface area contributed by atoms with Gasteiger partial charge in [0.15, 0.2) is 6.61 Å². The number of methoxy groups -OCH3 is 1. The summed E-state index contributed by atoms with van der Waals surface area (Å²) in [5.74, 6) is -21.1. The van der Waals surface area contributed by atoms with Crippen molar-refractivity contribution in [3.8, 4) is 0 Å². The number of alkyl halides is 8. The minimum atomic E-state index is -6.49. The second-order valence-electron chi connectivity index (χ2n) is 7.24. The Labute approximate surface area is 186 Å². The maximum Gasteiger partial charge on any atom is 0.381 e. The fourth-order valence-electron chi connectivity index (χ4n) is 2.62. The van der Waals surface area contributed by atoms with Crippen LogP contribution in [-0.2, 0) is 23.8 Å². The monoisotopic (exact) mass is 500 g/mol. The van der Waals surface area contributed by atoms with E-state index in [1.807, 2.05) is 0 Å². The molecule has 0 aliphatic heterocycles. The average molecular weight is 500 g/mol. The Balaban J connectivity index is 4.51. The van der Waals surface area contributed by atoms with Gasteiger partial charge < -0.3 is 14.2 Å². The minimum absolute atomic E-state index is 0.0131. The lowest BCUT2D eigenvalue weighted by molar-refractivity contribution is -0.344. The third-order valence-corrected chi connectivity index (χ3v) is 4.60. The first kappa shape index (κ1) is 31.1. The highest BCUT2D eigenvalue weighted by Gasteiger charge is 2.75. The molecule has 0 aliphatic rings. The van der Waals surface area contributed by atoms with Gasteiger partial charge in [0.1, 0.15) is 0 Å². The van der Waals surface area contributed by atoms with Crippen molar-refractivity contribution in [2.24, 2.45) is 5.92 Å². The number of carbonyl (C=O) groups excluding carboxylic acids is 2. The topological polar surface area (TPSA) is 61.8 Å². The van der Waals surface area contributed by atoms with Crippen molar-refractivity contribution >= 4 is 11.9 Å². The third kappa shape index (κ3) is 10.3. The first-order valence-electron chi connectivity index (χ1n) is 10.1. The quantitative estimate of drug-likeness (QED) is 0.116. The lowest BCUT2D eigenvalue weighted by Gasteiger charge is -2.31. The molecule has 0 aromatic rings. The summed E-state index contributed by atoms with van der Waals surface area (Å²) in [6.45, 7) is 0.0175. The van der Waals surface area contributed by atoms with Gasteiger partial charge in [0, 0.05) is 25.9 Å².